The lowest BCUT2D eigenvalue weighted by atomic mass is 10.2. The minimum absolute atomic E-state index is 0.778. The quantitative estimate of drug-likeness (QED) is 0.338. The maximum absolute atomic E-state index is 8.07. The highest BCUT2D eigenvalue weighted by molar-refractivity contribution is 5.78. The van der Waals surface area contributed by atoms with Gasteiger partial charge in [0.1, 0.15) is 0 Å². The molecule has 0 heterocycles. The van der Waals surface area contributed by atoms with Gasteiger partial charge in [-0.25, -0.2) is 0 Å². The minimum Gasteiger partial charge on any atom is -0.411 e. The number of oxime groups is 1. The van der Waals surface area contributed by atoms with Gasteiger partial charge in [-0.1, -0.05) is 29.4 Å². The summed E-state index contributed by atoms with van der Waals surface area (Å²) >= 11 is 0. The highest BCUT2D eigenvalue weighted by Gasteiger charge is 1.80. The van der Waals surface area contributed by atoms with E-state index in [1.165, 1.54) is 6.21 Å². The second kappa shape index (κ2) is 2.87. The standard InChI is InChI=1S/C7H6NO/c9-8-6-7-4-2-1-3-5-7/h1-4,6,9H. The van der Waals surface area contributed by atoms with Gasteiger partial charge < -0.3 is 5.21 Å². The largest absolute Gasteiger partial charge is 0.411 e. The highest BCUT2D eigenvalue weighted by atomic mass is 16.4. The first kappa shape index (κ1) is 5.82. The average molecular weight is 120 g/mol. The number of benzene rings is 1. The van der Waals surface area contributed by atoms with E-state index < -0.39 is 0 Å². The van der Waals surface area contributed by atoms with Gasteiger partial charge in [-0.2, -0.15) is 0 Å². The van der Waals surface area contributed by atoms with E-state index in [1.54, 1.807) is 12.1 Å². The van der Waals surface area contributed by atoms with E-state index in [-0.39, 0.29) is 0 Å². The van der Waals surface area contributed by atoms with Crippen molar-refractivity contribution in [1.29, 1.82) is 0 Å². The fraction of sp³-hybridized carbons (Fsp3) is 0. The Kier molecular flexibility index (Phi) is 1.85. The Balaban J connectivity index is 2.85. The van der Waals surface area contributed by atoms with E-state index in [9.17, 15) is 0 Å². The van der Waals surface area contributed by atoms with Crippen molar-refractivity contribution in [3.05, 3.63) is 35.9 Å². The van der Waals surface area contributed by atoms with E-state index >= 15 is 0 Å². The van der Waals surface area contributed by atoms with Crippen LogP contribution in [0, 0.1) is 6.07 Å². The third-order valence-corrected chi connectivity index (χ3v) is 0.930. The summed E-state index contributed by atoms with van der Waals surface area (Å²) in [7, 11) is 0. The van der Waals surface area contributed by atoms with E-state index in [1.807, 2.05) is 12.1 Å². The Morgan fingerprint density at radius 1 is 1.56 bits per heavy atom. The van der Waals surface area contributed by atoms with Crippen LogP contribution >= 0.6 is 0 Å². The Morgan fingerprint density at radius 2 is 2.44 bits per heavy atom. The van der Waals surface area contributed by atoms with Gasteiger partial charge in [0.15, 0.2) is 0 Å². The first-order valence-corrected chi connectivity index (χ1v) is 2.57. The van der Waals surface area contributed by atoms with Crippen LogP contribution in [0.2, 0.25) is 0 Å². The van der Waals surface area contributed by atoms with Crippen molar-refractivity contribution >= 4 is 6.21 Å². The number of nitrogens with zero attached hydrogens (tertiary/aromatic N) is 1. The zero-order valence-corrected chi connectivity index (χ0v) is 4.78. The average Bonchev–Trinajstić information content (AvgIpc) is 1.91. The fourth-order valence-electron chi connectivity index (χ4n) is 0.550. The van der Waals surface area contributed by atoms with Crippen molar-refractivity contribution in [3.63, 3.8) is 0 Å². The van der Waals surface area contributed by atoms with E-state index in [0.29, 0.717) is 0 Å². The van der Waals surface area contributed by atoms with E-state index in [4.69, 9.17) is 5.21 Å². The van der Waals surface area contributed by atoms with Gasteiger partial charge in [-0.15, -0.1) is 0 Å². The molecule has 0 aliphatic heterocycles. The summed E-state index contributed by atoms with van der Waals surface area (Å²) in [6.07, 6.45) is 1.33. The summed E-state index contributed by atoms with van der Waals surface area (Å²) in [6.45, 7) is 0. The Bertz CT molecular complexity index is 193. The van der Waals surface area contributed by atoms with Gasteiger partial charge in [0.2, 0.25) is 0 Å². The molecule has 0 aliphatic rings. The van der Waals surface area contributed by atoms with Crippen molar-refractivity contribution in [2.75, 3.05) is 0 Å². The van der Waals surface area contributed by atoms with Gasteiger partial charge in [-0.05, 0) is 6.07 Å². The van der Waals surface area contributed by atoms with Gasteiger partial charge in [0.25, 0.3) is 0 Å². The van der Waals surface area contributed by atoms with Crippen LogP contribution in [0.25, 0.3) is 0 Å². The maximum Gasteiger partial charge on any atom is 0.0740 e. The molecule has 1 N–H and O–H groups in total. The molecule has 0 amide bonds. The first-order chi connectivity index (χ1) is 4.43. The van der Waals surface area contributed by atoms with Crippen molar-refractivity contribution in [1.82, 2.24) is 0 Å². The molecule has 1 rings (SSSR count). The predicted molar refractivity (Wildman–Crippen MR) is 34.7 cm³/mol. The monoisotopic (exact) mass is 120 g/mol. The van der Waals surface area contributed by atoms with Crippen molar-refractivity contribution < 1.29 is 5.21 Å². The van der Waals surface area contributed by atoms with Crippen LogP contribution < -0.4 is 0 Å². The van der Waals surface area contributed by atoms with Gasteiger partial charge in [-0.3, -0.25) is 0 Å². The molecular weight excluding hydrogens is 114 g/mol. The Morgan fingerprint density at radius 3 is 3.00 bits per heavy atom. The molecule has 0 fully saturated rings. The van der Waals surface area contributed by atoms with Crippen molar-refractivity contribution in [3.8, 4) is 0 Å². The van der Waals surface area contributed by atoms with Crippen LogP contribution in [0.5, 0.6) is 0 Å². The summed E-state index contributed by atoms with van der Waals surface area (Å²) in [6, 6.07) is 10.1. The van der Waals surface area contributed by atoms with Crippen LogP contribution in [0.3, 0.4) is 0 Å². The lowest BCUT2D eigenvalue weighted by Gasteiger charge is -1.84. The van der Waals surface area contributed by atoms with Gasteiger partial charge in [0, 0.05) is 5.56 Å². The second-order valence-corrected chi connectivity index (χ2v) is 1.56. The molecule has 1 aromatic rings. The summed E-state index contributed by atoms with van der Waals surface area (Å²) in [5.74, 6) is 0. The smallest absolute Gasteiger partial charge is 0.0740 e. The van der Waals surface area contributed by atoms with Crippen LogP contribution in [-0.2, 0) is 0 Å². The molecule has 45 valence electrons. The number of rotatable bonds is 1. The third kappa shape index (κ3) is 1.57. The molecule has 0 aromatic heterocycles. The summed E-state index contributed by atoms with van der Waals surface area (Å²) in [5, 5.41) is 10.9. The summed E-state index contributed by atoms with van der Waals surface area (Å²) in [5.41, 5.74) is 0.778. The molecule has 0 aliphatic carbocycles. The van der Waals surface area contributed by atoms with Crippen LogP contribution in [0.1, 0.15) is 5.56 Å². The summed E-state index contributed by atoms with van der Waals surface area (Å²) in [4.78, 5) is 0. The van der Waals surface area contributed by atoms with Crippen molar-refractivity contribution in [2.45, 2.75) is 0 Å². The normalized spacial score (nSPS) is 10.2. The van der Waals surface area contributed by atoms with Crippen LogP contribution in [0.4, 0.5) is 0 Å². The van der Waals surface area contributed by atoms with Gasteiger partial charge >= 0.3 is 0 Å². The SMILES string of the molecule is ON=Cc1[c]cccc1. The molecule has 0 bridgehead atoms. The molecule has 0 spiro atoms. The molecule has 0 atom stereocenters. The number of hydrogen-bond acceptors (Lipinski definition) is 2. The third-order valence-electron chi connectivity index (χ3n) is 0.930. The van der Waals surface area contributed by atoms with Gasteiger partial charge in [0.05, 0.1) is 6.21 Å². The van der Waals surface area contributed by atoms with Crippen LogP contribution in [-0.4, -0.2) is 11.4 Å². The molecule has 0 saturated carbocycles. The first-order valence-electron chi connectivity index (χ1n) is 2.57. The molecule has 1 aromatic carbocycles. The predicted octanol–water partition coefficient (Wildman–Crippen LogP) is 1.29. The minimum atomic E-state index is 0.778. The molecule has 2 heteroatoms. The molecule has 0 saturated heterocycles. The Hall–Kier alpha value is -1.31. The highest BCUT2D eigenvalue weighted by Crippen LogP contribution is 1.91. The lowest BCUT2D eigenvalue weighted by molar-refractivity contribution is 0.322. The fourth-order valence-corrected chi connectivity index (χ4v) is 0.550. The molecule has 1 radical (unpaired) electrons. The molecule has 0 unspecified atom stereocenters. The zero-order valence-electron chi connectivity index (χ0n) is 4.78. The molecule has 2 nitrogen and oxygen atoms in total. The lowest BCUT2D eigenvalue weighted by Crippen LogP contribution is -1.77. The second-order valence-electron chi connectivity index (χ2n) is 1.56. The molecular formula is C7H6NO. The number of hydrogen-bond donors (Lipinski definition) is 1. The summed E-state index contributed by atoms with van der Waals surface area (Å²) < 4.78 is 0. The topological polar surface area (TPSA) is 32.6 Å². The van der Waals surface area contributed by atoms with E-state index in [2.05, 4.69) is 11.2 Å². The van der Waals surface area contributed by atoms with E-state index in [0.717, 1.165) is 5.56 Å². The molecule has 9 heavy (non-hydrogen) atoms. The van der Waals surface area contributed by atoms with Crippen molar-refractivity contribution in [2.24, 2.45) is 5.16 Å². The zero-order chi connectivity index (χ0) is 6.53. The maximum atomic E-state index is 8.07. The van der Waals surface area contributed by atoms with Crippen LogP contribution in [0.15, 0.2) is 29.4 Å². The Labute approximate surface area is 53.4 Å².